The molecule has 0 aromatic heterocycles. The summed E-state index contributed by atoms with van der Waals surface area (Å²) >= 11 is 5.60. The Balaban J connectivity index is 1.53. The van der Waals surface area contributed by atoms with Gasteiger partial charge in [0.1, 0.15) is 17.3 Å². The van der Waals surface area contributed by atoms with E-state index >= 15 is 0 Å². The fourth-order valence-electron chi connectivity index (χ4n) is 3.19. The second-order valence-corrected chi connectivity index (χ2v) is 7.17. The van der Waals surface area contributed by atoms with Crippen LogP contribution in [0.2, 0.25) is 5.02 Å². The average molecular weight is 447 g/mol. The van der Waals surface area contributed by atoms with Crippen molar-refractivity contribution in [3.05, 3.63) is 53.3 Å². The van der Waals surface area contributed by atoms with Gasteiger partial charge in [-0.05, 0) is 37.1 Å². The van der Waals surface area contributed by atoms with Gasteiger partial charge in [0, 0.05) is 37.0 Å². The van der Waals surface area contributed by atoms with Gasteiger partial charge >= 0.3 is 6.36 Å². The van der Waals surface area contributed by atoms with Crippen molar-refractivity contribution in [3.8, 4) is 11.5 Å². The highest BCUT2D eigenvalue weighted by Crippen LogP contribution is 2.28. The summed E-state index contributed by atoms with van der Waals surface area (Å²) in [5.74, 6) is -1.14. The van der Waals surface area contributed by atoms with E-state index in [9.17, 15) is 22.4 Å². The molecule has 0 spiro atoms. The van der Waals surface area contributed by atoms with Crippen LogP contribution in [0.3, 0.4) is 0 Å². The summed E-state index contributed by atoms with van der Waals surface area (Å²) in [6.45, 7) is 0.770. The first kappa shape index (κ1) is 22.0. The van der Waals surface area contributed by atoms with Gasteiger partial charge in [-0.3, -0.25) is 4.79 Å². The molecule has 1 atom stereocenters. The second-order valence-electron chi connectivity index (χ2n) is 6.76. The van der Waals surface area contributed by atoms with Crippen LogP contribution in [0.25, 0.3) is 0 Å². The number of rotatable bonds is 6. The fraction of sp³-hybridized carbons (Fsp3) is 0.350. The number of nitrogens with one attached hydrogen (secondary N) is 1. The summed E-state index contributed by atoms with van der Waals surface area (Å²) in [4.78, 5) is 14.1. The number of benzene rings is 2. The molecule has 0 bridgehead atoms. The van der Waals surface area contributed by atoms with Crippen LogP contribution in [0, 0.1) is 5.82 Å². The molecule has 1 amide bonds. The largest absolute Gasteiger partial charge is 0.573 e. The summed E-state index contributed by atoms with van der Waals surface area (Å²) in [5, 5.41) is 2.79. The minimum absolute atomic E-state index is 0.0428. The molecule has 2 aromatic carbocycles. The number of piperidine rings is 1. The van der Waals surface area contributed by atoms with Gasteiger partial charge < -0.3 is 19.7 Å². The van der Waals surface area contributed by atoms with Gasteiger partial charge in [-0.1, -0.05) is 17.7 Å². The third kappa shape index (κ3) is 6.41. The van der Waals surface area contributed by atoms with Crippen LogP contribution < -0.4 is 19.7 Å². The van der Waals surface area contributed by atoms with E-state index in [4.69, 9.17) is 16.3 Å². The lowest BCUT2D eigenvalue weighted by atomic mass is 10.0. The molecule has 1 aliphatic heterocycles. The highest BCUT2D eigenvalue weighted by Gasteiger charge is 2.31. The van der Waals surface area contributed by atoms with Crippen molar-refractivity contribution in [3.63, 3.8) is 0 Å². The fourth-order valence-corrected chi connectivity index (χ4v) is 3.31. The van der Waals surface area contributed by atoms with Crippen molar-refractivity contribution >= 4 is 23.2 Å². The van der Waals surface area contributed by atoms with Gasteiger partial charge in [0.05, 0.1) is 5.02 Å². The minimum Gasteiger partial charge on any atom is -0.484 e. The number of carbonyl (C=O) groups excluding carboxylic acids is 1. The van der Waals surface area contributed by atoms with Crippen molar-refractivity contribution in [1.82, 2.24) is 5.32 Å². The Morgan fingerprint density at radius 2 is 2.00 bits per heavy atom. The molecular weight excluding hydrogens is 428 g/mol. The smallest absolute Gasteiger partial charge is 0.484 e. The van der Waals surface area contributed by atoms with Crippen molar-refractivity contribution in [2.45, 2.75) is 25.2 Å². The van der Waals surface area contributed by atoms with Gasteiger partial charge in [-0.2, -0.15) is 0 Å². The summed E-state index contributed by atoms with van der Waals surface area (Å²) in [7, 11) is 0. The molecule has 30 heavy (non-hydrogen) atoms. The van der Waals surface area contributed by atoms with Crippen LogP contribution in [0.1, 0.15) is 12.8 Å². The lowest BCUT2D eigenvalue weighted by Crippen LogP contribution is -2.49. The number of halogens is 5. The Hall–Kier alpha value is -2.68. The monoisotopic (exact) mass is 446 g/mol. The number of carbonyl (C=O) groups is 1. The molecule has 1 heterocycles. The number of anilines is 1. The first-order valence-electron chi connectivity index (χ1n) is 9.17. The van der Waals surface area contributed by atoms with Crippen LogP contribution in [-0.4, -0.2) is 38.0 Å². The maximum Gasteiger partial charge on any atom is 0.573 e. The van der Waals surface area contributed by atoms with Crippen molar-refractivity contribution < 1.29 is 31.8 Å². The minimum atomic E-state index is -4.76. The van der Waals surface area contributed by atoms with Crippen molar-refractivity contribution in [2.75, 3.05) is 24.6 Å². The van der Waals surface area contributed by atoms with E-state index < -0.39 is 12.2 Å². The van der Waals surface area contributed by atoms with Crippen LogP contribution in [0.5, 0.6) is 11.5 Å². The summed E-state index contributed by atoms with van der Waals surface area (Å²) < 4.78 is 60.0. The van der Waals surface area contributed by atoms with Gasteiger partial charge in [-0.25, -0.2) is 4.39 Å². The number of amides is 1. The van der Waals surface area contributed by atoms with Crippen LogP contribution in [-0.2, 0) is 4.79 Å². The van der Waals surface area contributed by atoms with Crippen molar-refractivity contribution in [1.29, 1.82) is 0 Å². The summed E-state index contributed by atoms with van der Waals surface area (Å²) in [5.41, 5.74) is 0.573. The first-order valence-corrected chi connectivity index (χ1v) is 9.55. The standard InChI is InChI=1S/C20H19ClF4N2O3/c21-17-7-6-15(10-18(17)22)29-12-19(28)26-13-3-2-8-27(11-13)14-4-1-5-16(9-14)30-20(23,24)25/h1,4-7,9-10,13H,2-3,8,11-12H2,(H,26,28)/t13-/m0/s1. The molecule has 162 valence electrons. The maximum atomic E-state index is 13.4. The molecule has 10 heteroatoms. The number of hydrogen-bond donors (Lipinski definition) is 1. The average Bonchev–Trinajstić information content (AvgIpc) is 2.68. The second kappa shape index (κ2) is 9.42. The Morgan fingerprint density at radius 1 is 1.20 bits per heavy atom. The molecule has 1 fully saturated rings. The van der Waals surface area contributed by atoms with Crippen molar-refractivity contribution in [2.24, 2.45) is 0 Å². The topological polar surface area (TPSA) is 50.8 Å². The molecule has 1 N–H and O–H groups in total. The zero-order chi connectivity index (χ0) is 21.7. The van der Waals surface area contributed by atoms with Gasteiger partial charge in [0.2, 0.25) is 0 Å². The lowest BCUT2D eigenvalue weighted by molar-refractivity contribution is -0.274. The van der Waals surface area contributed by atoms with E-state index in [1.165, 1.54) is 30.3 Å². The number of alkyl halides is 3. The highest BCUT2D eigenvalue weighted by molar-refractivity contribution is 6.30. The van der Waals surface area contributed by atoms with Gasteiger partial charge in [-0.15, -0.1) is 13.2 Å². The Bertz CT molecular complexity index is 895. The molecule has 0 saturated carbocycles. The predicted octanol–water partition coefficient (Wildman–Crippen LogP) is 4.54. The lowest BCUT2D eigenvalue weighted by Gasteiger charge is -2.35. The highest BCUT2D eigenvalue weighted by atomic mass is 35.5. The van der Waals surface area contributed by atoms with E-state index in [0.29, 0.717) is 18.8 Å². The Labute approximate surface area is 175 Å². The van der Waals surface area contributed by atoms with Gasteiger partial charge in [0.25, 0.3) is 5.91 Å². The molecular formula is C20H19ClF4N2O3. The molecule has 0 unspecified atom stereocenters. The summed E-state index contributed by atoms with van der Waals surface area (Å²) in [6.07, 6.45) is -3.29. The van der Waals surface area contributed by atoms with E-state index in [1.807, 2.05) is 4.90 Å². The Kier molecular flexibility index (Phi) is 6.91. The number of nitrogens with zero attached hydrogens (tertiary/aromatic N) is 1. The molecule has 3 rings (SSSR count). The third-order valence-corrected chi connectivity index (χ3v) is 4.77. The number of ether oxygens (including phenoxy) is 2. The van der Waals surface area contributed by atoms with Gasteiger partial charge in [0.15, 0.2) is 6.61 Å². The van der Waals surface area contributed by atoms with Crippen LogP contribution in [0.4, 0.5) is 23.2 Å². The molecule has 2 aromatic rings. The van der Waals surface area contributed by atoms with Crippen LogP contribution >= 0.6 is 11.6 Å². The predicted molar refractivity (Wildman–Crippen MR) is 103 cm³/mol. The zero-order valence-electron chi connectivity index (χ0n) is 15.7. The molecule has 5 nitrogen and oxygen atoms in total. The normalized spacial score (nSPS) is 16.8. The molecule has 1 aliphatic rings. The molecule has 0 radical (unpaired) electrons. The van der Waals surface area contributed by atoms with E-state index in [2.05, 4.69) is 10.1 Å². The maximum absolute atomic E-state index is 13.4. The molecule has 1 saturated heterocycles. The van der Waals surface area contributed by atoms with Crippen LogP contribution in [0.15, 0.2) is 42.5 Å². The SMILES string of the molecule is O=C(COc1ccc(Cl)c(F)c1)N[C@H]1CCCN(c2cccc(OC(F)(F)F)c2)C1. The third-order valence-electron chi connectivity index (χ3n) is 4.46. The van der Waals surface area contributed by atoms with E-state index in [-0.39, 0.29) is 35.1 Å². The number of hydrogen-bond acceptors (Lipinski definition) is 4. The Morgan fingerprint density at radius 3 is 2.73 bits per heavy atom. The quantitative estimate of drug-likeness (QED) is 0.662. The molecule has 0 aliphatic carbocycles. The first-order chi connectivity index (χ1) is 14.2. The summed E-state index contributed by atoms with van der Waals surface area (Å²) in [6, 6.07) is 9.39. The van der Waals surface area contributed by atoms with E-state index in [1.54, 1.807) is 6.07 Å². The zero-order valence-corrected chi connectivity index (χ0v) is 16.5. The van der Waals surface area contributed by atoms with E-state index in [0.717, 1.165) is 18.9 Å².